The second-order valence-corrected chi connectivity index (χ2v) is 6.31. The number of rotatable bonds is 3. The molecule has 1 N–H and O–H groups in total. The van der Waals surface area contributed by atoms with Gasteiger partial charge in [0.2, 0.25) is 0 Å². The number of hydrogen-bond acceptors (Lipinski definition) is 2. The van der Waals surface area contributed by atoms with E-state index in [1.54, 1.807) is 37.3 Å². The molecule has 0 radical (unpaired) electrons. The first-order valence-electron chi connectivity index (χ1n) is 8.34. The van der Waals surface area contributed by atoms with Crippen molar-refractivity contribution < 1.29 is 18.4 Å². The minimum absolute atomic E-state index is 0.104. The molecule has 3 rings (SSSR count). The van der Waals surface area contributed by atoms with Crippen LogP contribution in [-0.4, -0.2) is 35.8 Å². The van der Waals surface area contributed by atoms with Gasteiger partial charge in [-0.1, -0.05) is 24.3 Å². The van der Waals surface area contributed by atoms with Gasteiger partial charge in [0, 0.05) is 25.5 Å². The predicted octanol–water partition coefficient (Wildman–Crippen LogP) is 3.92. The average molecular weight is 371 g/mol. The zero-order chi connectivity index (χ0) is 19.7. The van der Waals surface area contributed by atoms with Crippen molar-refractivity contribution in [2.45, 2.75) is 13.0 Å². The van der Waals surface area contributed by atoms with Gasteiger partial charge in [-0.25, -0.2) is 13.6 Å². The summed E-state index contributed by atoms with van der Waals surface area (Å²) in [4.78, 5) is 28.0. The van der Waals surface area contributed by atoms with Crippen molar-refractivity contribution in [1.82, 2.24) is 9.80 Å². The molecule has 0 unspecified atom stereocenters. The van der Waals surface area contributed by atoms with Crippen LogP contribution in [0.4, 0.5) is 19.3 Å². The summed E-state index contributed by atoms with van der Waals surface area (Å²) in [5.41, 5.74) is 0.642. The normalized spacial score (nSPS) is 17.4. The SMILES string of the molecule is CC1=C(C(=O)Nc2ccccc2)[C@@H](c2c(F)cccc2F)N(C)C(=O)N1C. The topological polar surface area (TPSA) is 52.7 Å². The Balaban J connectivity index is 2.13. The van der Waals surface area contributed by atoms with Crippen LogP contribution in [0.5, 0.6) is 0 Å². The second-order valence-electron chi connectivity index (χ2n) is 6.31. The van der Waals surface area contributed by atoms with E-state index in [-0.39, 0.29) is 11.1 Å². The lowest BCUT2D eigenvalue weighted by atomic mass is 9.92. The van der Waals surface area contributed by atoms with Crippen LogP contribution in [0.3, 0.4) is 0 Å². The lowest BCUT2D eigenvalue weighted by Crippen LogP contribution is -2.48. The van der Waals surface area contributed by atoms with Gasteiger partial charge in [0.1, 0.15) is 11.6 Å². The van der Waals surface area contributed by atoms with E-state index in [0.717, 1.165) is 17.0 Å². The Labute approximate surface area is 155 Å². The van der Waals surface area contributed by atoms with E-state index in [0.29, 0.717) is 11.4 Å². The van der Waals surface area contributed by atoms with E-state index in [4.69, 9.17) is 0 Å². The summed E-state index contributed by atoms with van der Waals surface area (Å²) >= 11 is 0. The van der Waals surface area contributed by atoms with Crippen LogP contribution < -0.4 is 5.32 Å². The van der Waals surface area contributed by atoms with Crippen LogP contribution in [0.1, 0.15) is 18.5 Å². The van der Waals surface area contributed by atoms with E-state index in [2.05, 4.69) is 5.32 Å². The minimum Gasteiger partial charge on any atom is -0.322 e. The molecule has 0 spiro atoms. The van der Waals surface area contributed by atoms with Gasteiger partial charge in [0.25, 0.3) is 5.91 Å². The Kier molecular flexibility index (Phi) is 4.94. The number of likely N-dealkylation sites (N-methyl/N-ethyl adjacent to an activating group) is 1. The maximum atomic E-state index is 14.5. The molecular formula is C20H19F2N3O2. The Morgan fingerprint density at radius 3 is 2.19 bits per heavy atom. The lowest BCUT2D eigenvalue weighted by molar-refractivity contribution is -0.113. The standard InChI is InChI=1S/C20H19F2N3O2/c1-12-16(19(26)23-13-8-5-4-6-9-13)18(25(3)20(27)24(12)2)17-14(21)10-7-11-15(17)22/h4-11,18H,1-3H3,(H,23,26)/t18-/m0/s1. The number of para-hydroxylation sites is 1. The zero-order valence-electron chi connectivity index (χ0n) is 15.2. The van der Waals surface area contributed by atoms with E-state index >= 15 is 0 Å². The highest BCUT2D eigenvalue weighted by Crippen LogP contribution is 2.38. The summed E-state index contributed by atoms with van der Waals surface area (Å²) in [6.45, 7) is 1.58. The zero-order valence-corrected chi connectivity index (χ0v) is 15.2. The van der Waals surface area contributed by atoms with Crippen molar-refractivity contribution in [1.29, 1.82) is 0 Å². The third-order valence-corrected chi connectivity index (χ3v) is 4.69. The molecular weight excluding hydrogens is 352 g/mol. The third-order valence-electron chi connectivity index (χ3n) is 4.69. The number of carbonyl (C=O) groups excluding carboxylic acids is 2. The number of carbonyl (C=O) groups is 2. The minimum atomic E-state index is -1.18. The van der Waals surface area contributed by atoms with E-state index < -0.39 is 29.6 Å². The molecule has 3 amide bonds. The molecule has 2 aromatic rings. The highest BCUT2D eigenvalue weighted by Gasteiger charge is 2.40. The number of allylic oxidation sites excluding steroid dienone is 1. The molecule has 0 saturated heterocycles. The van der Waals surface area contributed by atoms with Crippen LogP contribution in [0.15, 0.2) is 59.8 Å². The number of halogens is 2. The quantitative estimate of drug-likeness (QED) is 0.889. The summed E-state index contributed by atoms with van der Waals surface area (Å²) in [5.74, 6) is -2.17. The van der Waals surface area contributed by atoms with Crippen molar-refractivity contribution in [3.8, 4) is 0 Å². The third kappa shape index (κ3) is 3.28. The van der Waals surface area contributed by atoms with Crippen LogP contribution in [0.2, 0.25) is 0 Å². The van der Waals surface area contributed by atoms with Gasteiger partial charge in [-0.2, -0.15) is 0 Å². The largest absolute Gasteiger partial charge is 0.324 e. The molecule has 7 heteroatoms. The number of nitrogens with zero attached hydrogens (tertiary/aromatic N) is 2. The lowest BCUT2D eigenvalue weighted by Gasteiger charge is -2.40. The molecule has 27 heavy (non-hydrogen) atoms. The highest BCUT2D eigenvalue weighted by molar-refractivity contribution is 6.06. The summed E-state index contributed by atoms with van der Waals surface area (Å²) in [6, 6.07) is 10.5. The number of nitrogens with one attached hydrogen (secondary N) is 1. The van der Waals surface area contributed by atoms with Gasteiger partial charge in [0.05, 0.1) is 17.2 Å². The molecule has 1 aliphatic heterocycles. The molecule has 0 aromatic heterocycles. The fourth-order valence-corrected chi connectivity index (χ4v) is 3.18. The first-order chi connectivity index (χ1) is 12.8. The second kappa shape index (κ2) is 7.19. The Hall–Kier alpha value is -3.22. The van der Waals surface area contributed by atoms with Crippen LogP contribution in [0.25, 0.3) is 0 Å². The summed E-state index contributed by atoms with van der Waals surface area (Å²) in [6.07, 6.45) is 0. The smallest absolute Gasteiger partial charge is 0.322 e. The molecule has 0 bridgehead atoms. The number of urea groups is 1. The van der Waals surface area contributed by atoms with Crippen molar-refractivity contribution in [2.24, 2.45) is 0 Å². The van der Waals surface area contributed by atoms with E-state index in [9.17, 15) is 18.4 Å². The van der Waals surface area contributed by atoms with Crippen LogP contribution in [-0.2, 0) is 4.79 Å². The molecule has 1 aliphatic rings. The van der Waals surface area contributed by atoms with Gasteiger partial charge >= 0.3 is 6.03 Å². The summed E-state index contributed by atoms with van der Waals surface area (Å²) in [7, 11) is 2.93. The van der Waals surface area contributed by atoms with Crippen molar-refractivity contribution >= 4 is 17.6 Å². The van der Waals surface area contributed by atoms with Crippen LogP contribution >= 0.6 is 0 Å². The molecule has 5 nitrogen and oxygen atoms in total. The van der Waals surface area contributed by atoms with Crippen LogP contribution in [0, 0.1) is 11.6 Å². The van der Waals surface area contributed by atoms with Gasteiger partial charge in [0.15, 0.2) is 0 Å². The number of anilines is 1. The first-order valence-corrected chi connectivity index (χ1v) is 8.34. The molecule has 1 atom stereocenters. The van der Waals surface area contributed by atoms with Crippen molar-refractivity contribution in [2.75, 3.05) is 19.4 Å². The van der Waals surface area contributed by atoms with E-state index in [1.807, 2.05) is 0 Å². The van der Waals surface area contributed by atoms with Gasteiger partial charge in [-0.05, 0) is 31.2 Å². The number of benzene rings is 2. The van der Waals surface area contributed by atoms with E-state index in [1.165, 1.54) is 25.1 Å². The predicted molar refractivity (Wildman–Crippen MR) is 97.8 cm³/mol. The highest BCUT2D eigenvalue weighted by atomic mass is 19.1. The Morgan fingerprint density at radius 2 is 1.59 bits per heavy atom. The molecule has 0 saturated carbocycles. The fraction of sp³-hybridized carbons (Fsp3) is 0.200. The first kappa shape index (κ1) is 18.6. The number of amides is 3. The fourth-order valence-electron chi connectivity index (χ4n) is 3.18. The van der Waals surface area contributed by atoms with Gasteiger partial charge in [-0.3, -0.25) is 4.79 Å². The maximum Gasteiger partial charge on any atom is 0.324 e. The van der Waals surface area contributed by atoms with Gasteiger partial charge in [-0.15, -0.1) is 0 Å². The van der Waals surface area contributed by atoms with Crippen molar-refractivity contribution in [3.05, 3.63) is 77.0 Å². The maximum absolute atomic E-state index is 14.5. The Morgan fingerprint density at radius 1 is 1.00 bits per heavy atom. The number of hydrogen-bond donors (Lipinski definition) is 1. The average Bonchev–Trinajstić information content (AvgIpc) is 2.64. The molecule has 2 aromatic carbocycles. The molecule has 0 aliphatic carbocycles. The summed E-state index contributed by atoms with van der Waals surface area (Å²) in [5, 5.41) is 2.73. The molecule has 0 fully saturated rings. The molecule has 140 valence electrons. The summed E-state index contributed by atoms with van der Waals surface area (Å²) < 4.78 is 29.0. The van der Waals surface area contributed by atoms with Gasteiger partial charge < -0.3 is 15.1 Å². The Bertz CT molecular complexity index is 908. The molecule has 1 heterocycles. The monoisotopic (exact) mass is 371 g/mol. The van der Waals surface area contributed by atoms with Crippen molar-refractivity contribution in [3.63, 3.8) is 0 Å².